The standard InChI is InChI=1S/C18H36N2O2/c1-13(2)19-15(5)9-21-11-17(19)7-8-18-12-22-10-16(6)20(18)14(3)4/h13-18H,7-12H2,1-6H3/t15-,16-,17-,18+/m0/s1. The summed E-state index contributed by atoms with van der Waals surface area (Å²) in [5.41, 5.74) is 0. The summed E-state index contributed by atoms with van der Waals surface area (Å²) in [6, 6.07) is 3.34. The fourth-order valence-corrected chi connectivity index (χ4v) is 4.52. The fraction of sp³-hybridized carbons (Fsp3) is 1.00. The molecule has 2 rings (SSSR count). The summed E-state index contributed by atoms with van der Waals surface area (Å²) in [7, 11) is 0. The first-order chi connectivity index (χ1) is 10.4. The third-order valence-electron chi connectivity index (χ3n) is 5.23. The van der Waals surface area contributed by atoms with E-state index in [9.17, 15) is 0 Å². The lowest BCUT2D eigenvalue weighted by molar-refractivity contribution is -0.0794. The van der Waals surface area contributed by atoms with Crippen LogP contribution in [-0.4, -0.2) is 72.5 Å². The summed E-state index contributed by atoms with van der Waals surface area (Å²) in [6.07, 6.45) is 2.40. The highest BCUT2D eigenvalue weighted by Crippen LogP contribution is 2.25. The van der Waals surface area contributed by atoms with Crippen LogP contribution < -0.4 is 0 Å². The van der Waals surface area contributed by atoms with Crippen LogP contribution >= 0.6 is 0 Å². The van der Waals surface area contributed by atoms with Gasteiger partial charge in [-0.2, -0.15) is 0 Å². The Morgan fingerprint density at radius 3 is 1.41 bits per heavy atom. The Morgan fingerprint density at radius 1 is 0.727 bits per heavy atom. The van der Waals surface area contributed by atoms with Gasteiger partial charge in [-0.15, -0.1) is 0 Å². The van der Waals surface area contributed by atoms with E-state index in [-0.39, 0.29) is 0 Å². The summed E-state index contributed by atoms with van der Waals surface area (Å²) in [5.74, 6) is 0. The van der Waals surface area contributed by atoms with Crippen LogP contribution in [-0.2, 0) is 9.47 Å². The average molecular weight is 312 g/mol. The highest BCUT2D eigenvalue weighted by molar-refractivity contribution is 4.88. The summed E-state index contributed by atoms with van der Waals surface area (Å²) in [6.45, 7) is 17.3. The Balaban J connectivity index is 1.95. The molecule has 0 aliphatic carbocycles. The SMILES string of the molecule is CC(C)N1[C@H](CC[C@H]2COC[C@H](C)N2C(C)C)COC[C@@H]1C. The van der Waals surface area contributed by atoms with Crippen LogP contribution in [0.25, 0.3) is 0 Å². The maximum Gasteiger partial charge on any atom is 0.0622 e. The normalized spacial score (nSPS) is 35.5. The van der Waals surface area contributed by atoms with Gasteiger partial charge in [0.25, 0.3) is 0 Å². The van der Waals surface area contributed by atoms with Crippen molar-refractivity contribution in [3.05, 3.63) is 0 Å². The quantitative estimate of drug-likeness (QED) is 0.779. The first kappa shape index (κ1) is 18.2. The van der Waals surface area contributed by atoms with Crippen molar-refractivity contribution >= 4 is 0 Å². The number of rotatable bonds is 5. The Kier molecular flexibility index (Phi) is 6.69. The maximum absolute atomic E-state index is 5.82. The molecule has 0 aromatic carbocycles. The monoisotopic (exact) mass is 312 g/mol. The summed E-state index contributed by atoms with van der Waals surface area (Å²) < 4.78 is 11.6. The van der Waals surface area contributed by atoms with Crippen molar-refractivity contribution < 1.29 is 9.47 Å². The molecule has 0 bridgehead atoms. The van der Waals surface area contributed by atoms with Gasteiger partial charge in [0, 0.05) is 36.3 Å². The van der Waals surface area contributed by atoms with Crippen molar-refractivity contribution in [3.63, 3.8) is 0 Å². The van der Waals surface area contributed by atoms with Crippen molar-refractivity contribution in [2.45, 2.75) is 90.6 Å². The summed E-state index contributed by atoms with van der Waals surface area (Å²) >= 11 is 0. The molecule has 0 saturated carbocycles. The molecular formula is C18H36N2O2. The Labute approximate surface area is 137 Å². The number of morpholine rings is 2. The van der Waals surface area contributed by atoms with Gasteiger partial charge in [-0.25, -0.2) is 0 Å². The zero-order chi connectivity index (χ0) is 16.3. The highest BCUT2D eigenvalue weighted by Gasteiger charge is 2.34. The second kappa shape index (κ2) is 8.09. The van der Waals surface area contributed by atoms with Crippen LogP contribution in [0.3, 0.4) is 0 Å². The van der Waals surface area contributed by atoms with Gasteiger partial charge in [0.1, 0.15) is 0 Å². The second-order valence-corrected chi connectivity index (χ2v) is 7.74. The summed E-state index contributed by atoms with van der Waals surface area (Å²) in [5, 5.41) is 0. The van der Waals surface area contributed by atoms with Crippen molar-refractivity contribution in [2.24, 2.45) is 0 Å². The molecule has 4 heteroatoms. The molecule has 2 aliphatic heterocycles. The fourth-order valence-electron chi connectivity index (χ4n) is 4.52. The van der Waals surface area contributed by atoms with E-state index in [2.05, 4.69) is 51.3 Å². The van der Waals surface area contributed by atoms with Gasteiger partial charge in [0.15, 0.2) is 0 Å². The van der Waals surface area contributed by atoms with Crippen molar-refractivity contribution in [1.82, 2.24) is 9.80 Å². The zero-order valence-corrected chi connectivity index (χ0v) is 15.4. The van der Waals surface area contributed by atoms with Crippen molar-refractivity contribution in [1.29, 1.82) is 0 Å². The number of hydrogen-bond acceptors (Lipinski definition) is 4. The van der Waals surface area contributed by atoms with E-state index >= 15 is 0 Å². The minimum absolute atomic E-state index is 0.529. The second-order valence-electron chi connectivity index (χ2n) is 7.74. The predicted octanol–water partition coefficient (Wildman–Crippen LogP) is 2.76. The van der Waals surface area contributed by atoms with Gasteiger partial charge >= 0.3 is 0 Å². The number of hydrogen-bond donors (Lipinski definition) is 0. The third-order valence-corrected chi connectivity index (χ3v) is 5.23. The molecule has 4 atom stereocenters. The molecule has 2 aliphatic rings. The van der Waals surface area contributed by atoms with E-state index in [4.69, 9.17) is 9.47 Å². The Hall–Kier alpha value is -0.160. The molecule has 0 aromatic rings. The van der Waals surface area contributed by atoms with Crippen LogP contribution in [0.1, 0.15) is 54.4 Å². The molecule has 0 amide bonds. The molecule has 0 aromatic heterocycles. The lowest BCUT2D eigenvalue weighted by Gasteiger charge is -2.46. The van der Waals surface area contributed by atoms with Gasteiger partial charge in [0.2, 0.25) is 0 Å². The van der Waals surface area contributed by atoms with Crippen LogP contribution in [0.5, 0.6) is 0 Å². The van der Waals surface area contributed by atoms with Crippen LogP contribution in [0.15, 0.2) is 0 Å². The molecule has 4 nitrogen and oxygen atoms in total. The summed E-state index contributed by atoms with van der Waals surface area (Å²) in [4.78, 5) is 5.30. The number of nitrogens with zero attached hydrogens (tertiary/aromatic N) is 2. The largest absolute Gasteiger partial charge is 0.378 e. The van der Waals surface area contributed by atoms with Gasteiger partial charge in [0.05, 0.1) is 26.4 Å². The maximum atomic E-state index is 5.82. The molecule has 0 unspecified atom stereocenters. The van der Waals surface area contributed by atoms with Crippen LogP contribution in [0.4, 0.5) is 0 Å². The minimum atomic E-state index is 0.529. The van der Waals surface area contributed by atoms with E-state index in [0.29, 0.717) is 36.3 Å². The first-order valence-electron chi connectivity index (χ1n) is 9.12. The van der Waals surface area contributed by atoms with E-state index in [1.54, 1.807) is 0 Å². The molecule has 2 fully saturated rings. The molecule has 2 saturated heterocycles. The number of ether oxygens (including phenoxy) is 2. The Morgan fingerprint density at radius 2 is 1.09 bits per heavy atom. The highest BCUT2D eigenvalue weighted by atomic mass is 16.5. The first-order valence-corrected chi connectivity index (χ1v) is 9.12. The van der Waals surface area contributed by atoms with Gasteiger partial charge in [-0.3, -0.25) is 9.80 Å². The average Bonchev–Trinajstić information content (AvgIpc) is 2.44. The molecule has 2 heterocycles. The topological polar surface area (TPSA) is 24.9 Å². The molecular weight excluding hydrogens is 276 g/mol. The van der Waals surface area contributed by atoms with E-state index < -0.39 is 0 Å². The lowest BCUT2D eigenvalue weighted by atomic mass is 9.98. The molecule has 22 heavy (non-hydrogen) atoms. The minimum Gasteiger partial charge on any atom is -0.378 e. The van der Waals surface area contributed by atoms with Gasteiger partial charge < -0.3 is 9.47 Å². The van der Waals surface area contributed by atoms with Crippen molar-refractivity contribution in [3.8, 4) is 0 Å². The van der Waals surface area contributed by atoms with E-state index in [0.717, 1.165) is 26.4 Å². The van der Waals surface area contributed by atoms with Crippen molar-refractivity contribution in [2.75, 3.05) is 26.4 Å². The third kappa shape index (κ3) is 4.22. The van der Waals surface area contributed by atoms with E-state index in [1.165, 1.54) is 12.8 Å². The van der Waals surface area contributed by atoms with Crippen LogP contribution in [0, 0.1) is 0 Å². The molecule has 0 N–H and O–H groups in total. The molecule has 0 radical (unpaired) electrons. The zero-order valence-electron chi connectivity index (χ0n) is 15.4. The lowest BCUT2D eigenvalue weighted by Crippen LogP contribution is -2.56. The van der Waals surface area contributed by atoms with Crippen LogP contribution in [0.2, 0.25) is 0 Å². The van der Waals surface area contributed by atoms with Gasteiger partial charge in [-0.1, -0.05) is 0 Å². The Bertz CT molecular complexity index is 303. The molecule has 0 spiro atoms. The smallest absolute Gasteiger partial charge is 0.0622 e. The predicted molar refractivity (Wildman–Crippen MR) is 91.3 cm³/mol. The van der Waals surface area contributed by atoms with E-state index in [1.807, 2.05) is 0 Å². The van der Waals surface area contributed by atoms with Gasteiger partial charge in [-0.05, 0) is 54.4 Å². The molecule has 130 valence electrons.